The number of carbonyl (C=O) groups excluding carboxylic acids is 2. The fraction of sp³-hybridized carbons (Fsp3) is 0.121. The van der Waals surface area contributed by atoms with Crippen LogP contribution in [0.2, 0.25) is 0 Å². The summed E-state index contributed by atoms with van der Waals surface area (Å²) in [5.74, 6) is 3.08. The zero-order valence-corrected chi connectivity index (χ0v) is 47.5. The lowest BCUT2D eigenvalue weighted by atomic mass is 9.90. The van der Waals surface area contributed by atoms with Gasteiger partial charge < -0.3 is 46.1 Å². The molecule has 0 amide bonds. The van der Waals surface area contributed by atoms with E-state index in [9.17, 15) is 9.59 Å². The Hall–Kier alpha value is -9.08. The Labute approximate surface area is 469 Å². The molecule has 0 heterocycles. The van der Waals surface area contributed by atoms with Crippen LogP contribution in [-0.2, 0) is 0 Å². The zero-order valence-electron chi connectivity index (χ0n) is 45.7. The number of methoxy groups -OCH3 is 4. The summed E-state index contributed by atoms with van der Waals surface area (Å²) >= 11 is 0. The first kappa shape index (κ1) is 57.1. The van der Waals surface area contributed by atoms with Gasteiger partial charge in [0.25, 0.3) is 0 Å². The normalized spacial score (nSPS) is 11.5. The molecule has 406 valence electrons. The Kier molecular flexibility index (Phi) is 19.3. The predicted octanol–water partition coefficient (Wildman–Crippen LogP) is 18.1. The van der Waals surface area contributed by atoms with Crippen molar-refractivity contribution in [3.63, 3.8) is 0 Å². The maximum atomic E-state index is 13.2. The molecule has 0 saturated carbocycles. The van der Waals surface area contributed by atoms with Crippen LogP contribution in [0.15, 0.2) is 183 Å². The van der Waals surface area contributed by atoms with Gasteiger partial charge in [0.15, 0.2) is 57.6 Å². The minimum atomic E-state index is -2.47. The molecular formula is C66H60O12P2. The van der Waals surface area contributed by atoms with Gasteiger partial charge >= 0.3 is 17.2 Å². The van der Waals surface area contributed by atoms with E-state index in [1.165, 1.54) is 12.2 Å². The van der Waals surface area contributed by atoms with Gasteiger partial charge in [-0.1, -0.05) is 122 Å². The summed E-state index contributed by atoms with van der Waals surface area (Å²) in [5, 5.41) is 2.61. The summed E-state index contributed by atoms with van der Waals surface area (Å²) in [6.45, 7) is 15.2. The van der Waals surface area contributed by atoms with E-state index in [-0.39, 0.29) is 23.1 Å². The molecule has 0 aliphatic rings. The van der Waals surface area contributed by atoms with E-state index in [0.717, 1.165) is 22.3 Å². The molecule has 0 unspecified atom stereocenters. The molecule has 0 radical (unpaired) electrons. The Morgan fingerprint density at radius 1 is 0.350 bits per heavy atom. The van der Waals surface area contributed by atoms with Crippen LogP contribution in [0.25, 0.3) is 57.0 Å². The lowest BCUT2D eigenvalue weighted by Crippen LogP contribution is -2.07. The molecule has 8 rings (SSSR count). The number of benzene rings is 8. The van der Waals surface area contributed by atoms with Crippen LogP contribution in [0.1, 0.15) is 70.7 Å². The number of allylic oxidation sites excluding steroid dienone is 6. The third-order valence-electron chi connectivity index (χ3n) is 12.4. The van der Waals surface area contributed by atoms with Crippen LogP contribution in [0.5, 0.6) is 57.5 Å². The third-order valence-corrected chi connectivity index (χ3v) is 14.5. The van der Waals surface area contributed by atoms with Crippen LogP contribution in [-0.4, -0.2) is 40.0 Å². The summed E-state index contributed by atoms with van der Waals surface area (Å²) in [6.07, 6.45) is 18.1. The van der Waals surface area contributed by atoms with Crippen molar-refractivity contribution in [1.82, 2.24) is 0 Å². The summed E-state index contributed by atoms with van der Waals surface area (Å²) in [6, 6.07) is 40.1. The van der Waals surface area contributed by atoms with E-state index in [1.807, 2.05) is 149 Å². The van der Waals surface area contributed by atoms with Crippen molar-refractivity contribution in [2.45, 2.75) is 27.7 Å². The lowest BCUT2D eigenvalue weighted by Gasteiger charge is -2.25. The largest absolute Gasteiger partial charge is 0.530 e. The van der Waals surface area contributed by atoms with Gasteiger partial charge in [-0.15, -0.1) is 0 Å². The van der Waals surface area contributed by atoms with Crippen molar-refractivity contribution in [2.24, 2.45) is 0 Å². The second-order valence-corrected chi connectivity index (χ2v) is 19.5. The first-order chi connectivity index (χ1) is 39.0. The van der Waals surface area contributed by atoms with Crippen LogP contribution in [0.3, 0.4) is 0 Å². The molecule has 0 atom stereocenters. The number of fused-ring (bicyclic) bond motifs is 2. The molecule has 0 spiro atoms. The molecule has 0 aromatic heterocycles. The second-order valence-electron chi connectivity index (χ2n) is 17.5. The minimum absolute atomic E-state index is 0.264. The fourth-order valence-corrected chi connectivity index (χ4v) is 10.7. The maximum Gasteiger partial charge on any atom is 0.530 e. The van der Waals surface area contributed by atoms with E-state index >= 15 is 0 Å². The lowest BCUT2D eigenvalue weighted by molar-refractivity contribution is 0.103. The maximum absolute atomic E-state index is 13.2. The van der Waals surface area contributed by atoms with Crippen molar-refractivity contribution >= 4 is 74.6 Å². The molecule has 0 fully saturated rings. The molecule has 8 aromatic carbocycles. The van der Waals surface area contributed by atoms with E-state index in [4.69, 9.17) is 46.1 Å². The van der Waals surface area contributed by atoms with Gasteiger partial charge in [-0.3, -0.25) is 9.59 Å². The molecule has 0 saturated heterocycles. The molecule has 0 aliphatic heterocycles. The molecule has 14 heteroatoms. The Morgan fingerprint density at radius 2 is 0.625 bits per heavy atom. The highest BCUT2D eigenvalue weighted by molar-refractivity contribution is 7.43. The Morgan fingerprint density at radius 3 is 0.887 bits per heavy atom. The molecule has 8 aromatic rings. The highest BCUT2D eigenvalue weighted by Crippen LogP contribution is 2.55. The van der Waals surface area contributed by atoms with Crippen LogP contribution >= 0.6 is 17.2 Å². The van der Waals surface area contributed by atoms with Gasteiger partial charge in [0.1, 0.15) is 11.5 Å². The molecule has 0 aliphatic carbocycles. The number of rotatable bonds is 25. The molecular weight excluding hydrogens is 1050 g/mol. The molecule has 12 nitrogen and oxygen atoms in total. The minimum Gasteiger partial charge on any atom is -0.493 e. The Bertz CT molecular complexity index is 3350. The van der Waals surface area contributed by atoms with Crippen LogP contribution < -0.4 is 46.1 Å². The molecule has 0 bridgehead atoms. The standard InChI is InChI=1S/C66H60O12P2/c1-11-17-43-21-31-55(61(37-43)69-7)73-79(74-56-32-22-44(18-12-2)38-62(56)70-8)77-59-35-27-47-41-49(53(67)15-5)25-29-51(47)65(59)66-52-30-26-50(54(68)16-6)42-48(52)28-36-60(66)78-80(75-57-33-23-45(19-13-3)39-63(57)71-9)76-58-34-24-46(20-14-4)40-64(58)72-10/h11-42H,5-6H2,1-4,7-10H3/b17-11+,18-12+,19-13+,20-14+. The summed E-state index contributed by atoms with van der Waals surface area (Å²) in [7, 11) is 1.30. The van der Waals surface area contributed by atoms with E-state index in [1.54, 1.807) is 89.1 Å². The van der Waals surface area contributed by atoms with Crippen LogP contribution in [0, 0.1) is 0 Å². The average molecular weight is 1110 g/mol. The summed E-state index contributed by atoms with van der Waals surface area (Å²) < 4.78 is 64.9. The smallest absolute Gasteiger partial charge is 0.493 e. The topological polar surface area (TPSA) is 126 Å². The predicted molar refractivity (Wildman–Crippen MR) is 324 cm³/mol. The van der Waals surface area contributed by atoms with Crippen molar-refractivity contribution in [3.05, 3.63) is 216 Å². The second kappa shape index (κ2) is 27.0. The summed E-state index contributed by atoms with van der Waals surface area (Å²) in [4.78, 5) is 26.5. The fourth-order valence-electron chi connectivity index (χ4n) is 8.65. The van der Waals surface area contributed by atoms with Gasteiger partial charge in [0, 0.05) is 22.3 Å². The first-order valence-electron chi connectivity index (χ1n) is 25.4. The Balaban J connectivity index is 1.39. The highest BCUT2D eigenvalue weighted by Gasteiger charge is 2.31. The van der Waals surface area contributed by atoms with Gasteiger partial charge in [-0.05, 0) is 156 Å². The average Bonchev–Trinajstić information content (AvgIpc) is 3.55. The number of hydrogen-bond acceptors (Lipinski definition) is 12. The zero-order chi connectivity index (χ0) is 56.7. The van der Waals surface area contributed by atoms with Gasteiger partial charge in [0.2, 0.25) is 0 Å². The van der Waals surface area contributed by atoms with Crippen molar-refractivity contribution in [3.8, 4) is 68.6 Å². The van der Waals surface area contributed by atoms with Gasteiger partial charge in [-0.25, -0.2) is 0 Å². The molecule has 80 heavy (non-hydrogen) atoms. The van der Waals surface area contributed by atoms with E-state index in [0.29, 0.717) is 89.8 Å². The van der Waals surface area contributed by atoms with Gasteiger partial charge in [-0.2, -0.15) is 0 Å². The third kappa shape index (κ3) is 13.2. The van der Waals surface area contributed by atoms with Crippen LogP contribution in [0.4, 0.5) is 0 Å². The van der Waals surface area contributed by atoms with Crippen molar-refractivity contribution in [1.29, 1.82) is 0 Å². The number of hydrogen-bond donors (Lipinski definition) is 0. The number of ketones is 2. The van der Waals surface area contributed by atoms with Gasteiger partial charge in [0.05, 0.1) is 28.4 Å². The molecule has 0 N–H and O–H groups in total. The van der Waals surface area contributed by atoms with E-state index < -0.39 is 17.2 Å². The first-order valence-corrected chi connectivity index (χ1v) is 27.6. The quantitative estimate of drug-likeness (QED) is 0.0307. The van der Waals surface area contributed by atoms with E-state index in [2.05, 4.69) is 13.2 Å². The van der Waals surface area contributed by atoms with Crippen molar-refractivity contribution in [2.75, 3.05) is 28.4 Å². The SMILES string of the molecule is C=CC(=O)c1ccc2c(-c3c(OP(Oc4ccc(/C=C/C)cc4OC)Oc4ccc(/C=C/C)cc4OC)ccc4cc(C(=O)C=C)ccc34)c(OP(Oc3ccc(/C=C/C)cc3OC)Oc3ccc(/C=C/C)cc3OC)ccc2c1. The monoisotopic (exact) mass is 1110 g/mol. The number of carbonyl (C=O) groups is 2. The number of ether oxygens (including phenoxy) is 4. The summed E-state index contributed by atoms with van der Waals surface area (Å²) in [5.41, 5.74) is 5.36. The highest BCUT2D eigenvalue weighted by atomic mass is 31.2. The van der Waals surface area contributed by atoms with Crippen molar-refractivity contribution < 1.29 is 55.7 Å².